The number of likely N-dealkylation sites (tertiary alicyclic amines) is 1. The Morgan fingerprint density at radius 1 is 1.08 bits per heavy atom. The zero-order chi connectivity index (χ0) is 8.60. The van der Waals surface area contributed by atoms with Crippen LogP contribution in [-0.2, 0) is 0 Å². The number of piperidine rings is 1. The van der Waals surface area contributed by atoms with Gasteiger partial charge in [-0.2, -0.15) is 0 Å². The summed E-state index contributed by atoms with van der Waals surface area (Å²) in [6.07, 6.45) is 6.96. The molecule has 1 unspecified atom stereocenters. The molecule has 2 aliphatic rings. The SMILES string of the molecule is CN1CCCC12CCCCN2I. The molecule has 0 aliphatic carbocycles. The smallest absolute Gasteiger partial charge is 0.0824 e. The Kier molecular flexibility index (Phi) is 2.63. The topological polar surface area (TPSA) is 6.48 Å². The van der Waals surface area contributed by atoms with Crippen molar-refractivity contribution < 1.29 is 0 Å². The molecule has 0 amide bonds. The van der Waals surface area contributed by atoms with Crippen LogP contribution in [0.25, 0.3) is 0 Å². The largest absolute Gasteiger partial charge is 0.288 e. The molecule has 0 aromatic rings. The van der Waals surface area contributed by atoms with E-state index >= 15 is 0 Å². The van der Waals surface area contributed by atoms with Crippen molar-refractivity contribution in [2.45, 2.75) is 37.8 Å². The van der Waals surface area contributed by atoms with Gasteiger partial charge < -0.3 is 0 Å². The summed E-state index contributed by atoms with van der Waals surface area (Å²) in [6.45, 7) is 2.57. The normalized spacial score (nSPS) is 39.5. The Morgan fingerprint density at radius 3 is 2.42 bits per heavy atom. The summed E-state index contributed by atoms with van der Waals surface area (Å²) in [5.74, 6) is 0. The molecule has 1 spiro atoms. The Hall–Kier alpha value is 0.650. The Morgan fingerprint density at radius 2 is 1.83 bits per heavy atom. The van der Waals surface area contributed by atoms with E-state index in [1.807, 2.05) is 0 Å². The third kappa shape index (κ3) is 1.30. The lowest BCUT2D eigenvalue weighted by molar-refractivity contribution is 0.0340. The second-order valence-electron chi connectivity index (χ2n) is 4.05. The second-order valence-corrected chi connectivity index (χ2v) is 5.22. The average Bonchev–Trinajstić information content (AvgIpc) is 2.41. The molecule has 2 fully saturated rings. The van der Waals surface area contributed by atoms with E-state index in [4.69, 9.17) is 0 Å². The summed E-state index contributed by atoms with van der Waals surface area (Å²) < 4.78 is 2.54. The predicted molar refractivity (Wildman–Crippen MR) is 59.2 cm³/mol. The molecule has 0 saturated carbocycles. The summed E-state index contributed by atoms with van der Waals surface area (Å²) in [7, 11) is 2.28. The fourth-order valence-electron chi connectivity index (χ4n) is 2.61. The highest BCUT2D eigenvalue weighted by molar-refractivity contribution is 14.1. The molecule has 12 heavy (non-hydrogen) atoms. The van der Waals surface area contributed by atoms with Gasteiger partial charge in [-0.15, -0.1) is 0 Å². The number of hydrogen-bond acceptors (Lipinski definition) is 2. The second kappa shape index (κ2) is 3.42. The van der Waals surface area contributed by atoms with Crippen molar-refractivity contribution in [1.82, 2.24) is 8.01 Å². The van der Waals surface area contributed by atoms with Crippen LogP contribution in [0, 0.1) is 0 Å². The van der Waals surface area contributed by atoms with Gasteiger partial charge >= 0.3 is 0 Å². The van der Waals surface area contributed by atoms with Gasteiger partial charge in [0.25, 0.3) is 0 Å². The van der Waals surface area contributed by atoms with Gasteiger partial charge in [0.1, 0.15) is 0 Å². The van der Waals surface area contributed by atoms with Crippen molar-refractivity contribution in [1.29, 1.82) is 0 Å². The maximum absolute atomic E-state index is 2.55. The van der Waals surface area contributed by atoms with Gasteiger partial charge in [0.2, 0.25) is 0 Å². The van der Waals surface area contributed by atoms with Crippen LogP contribution < -0.4 is 0 Å². The number of hydrogen-bond donors (Lipinski definition) is 0. The molecular weight excluding hydrogens is 263 g/mol. The minimum atomic E-state index is 0.443. The maximum atomic E-state index is 2.55. The van der Waals surface area contributed by atoms with Gasteiger partial charge in [0.05, 0.1) is 5.66 Å². The molecule has 3 heteroatoms. The minimum Gasteiger partial charge on any atom is -0.288 e. The predicted octanol–water partition coefficient (Wildman–Crippen LogP) is 2.24. The van der Waals surface area contributed by atoms with Crippen LogP contribution in [0.4, 0.5) is 0 Å². The van der Waals surface area contributed by atoms with Crippen LogP contribution in [0.15, 0.2) is 0 Å². The van der Waals surface area contributed by atoms with E-state index in [9.17, 15) is 0 Å². The number of halogens is 1. The molecule has 2 rings (SSSR count). The molecule has 2 saturated heterocycles. The number of nitrogens with zero attached hydrogens (tertiary/aromatic N) is 2. The molecule has 2 nitrogen and oxygen atoms in total. The summed E-state index contributed by atoms with van der Waals surface area (Å²) in [5, 5.41) is 0. The van der Waals surface area contributed by atoms with Crippen molar-refractivity contribution in [3.05, 3.63) is 0 Å². The van der Waals surface area contributed by atoms with Gasteiger partial charge in [-0.05, 0) is 45.7 Å². The van der Waals surface area contributed by atoms with E-state index < -0.39 is 0 Å². The molecule has 0 bridgehead atoms. The first kappa shape index (κ1) is 9.21. The van der Waals surface area contributed by atoms with Crippen LogP contribution in [-0.4, -0.2) is 33.8 Å². The van der Waals surface area contributed by atoms with Crippen LogP contribution in [0.5, 0.6) is 0 Å². The van der Waals surface area contributed by atoms with Crippen LogP contribution >= 0.6 is 22.9 Å². The molecule has 0 radical (unpaired) electrons. The Balaban J connectivity index is 2.15. The van der Waals surface area contributed by atoms with E-state index in [2.05, 4.69) is 37.9 Å². The molecule has 1 atom stereocenters. The van der Waals surface area contributed by atoms with Crippen molar-refractivity contribution in [3.8, 4) is 0 Å². The molecule has 0 N–H and O–H groups in total. The zero-order valence-electron chi connectivity index (χ0n) is 7.72. The van der Waals surface area contributed by atoms with Crippen LogP contribution in [0.2, 0.25) is 0 Å². The third-order valence-electron chi connectivity index (χ3n) is 3.41. The molecule has 2 aliphatic heterocycles. The zero-order valence-corrected chi connectivity index (χ0v) is 9.88. The van der Waals surface area contributed by atoms with Gasteiger partial charge in [0, 0.05) is 29.4 Å². The molecular formula is C9H17IN2. The highest BCUT2D eigenvalue weighted by Crippen LogP contribution is 2.40. The minimum absolute atomic E-state index is 0.443. The summed E-state index contributed by atoms with van der Waals surface area (Å²) in [4.78, 5) is 2.55. The summed E-state index contributed by atoms with van der Waals surface area (Å²) >= 11 is 2.52. The van der Waals surface area contributed by atoms with Gasteiger partial charge in [-0.1, -0.05) is 0 Å². The Bertz CT molecular complexity index is 174. The highest BCUT2D eigenvalue weighted by Gasteiger charge is 2.44. The van der Waals surface area contributed by atoms with Crippen molar-refractivity contribution in [3.63, 3.8) is 0 Å². The lowest BCUT2D eigenvalue weighted by atomic mass is 9.95. The lowest BCUT2D eigenvalue weighted by Gasteiger charge is -2.45. The monoisotopic (exact) mass is 280 g/mol. The first-order valence-electron chi connectivity index (χ1n) is 4.90. The number of rotatable bonds is 0. The lowest BCUT2D eigenvalue weighted by Crippen LogP contribution is -2.53. The van der Waals surface area contributed by atoms with Crippen molar-refractivity contribution in [2.75, 3.05) is 20.1 Å². The van der Waals surface area contributed by atoms with Crippen LogP contribution in [0.3, 0.4) is 0 Å². The highest BCUT2D eigenvalue weighted by atomic mass is 127. The van der Waals surface area contributed by atoms with Crippen molar-refractivity contribution >= 4 is 22.9 Å². The van der Waals surface area contributed by atoms with Crippen LogP contribution in [0.1, 0.15) is 32.1 Å². The maximum Gasteiger partial charge on any atom is 0.0824 e. The molecule has 0 aromatic carbocycles. The standard InChI is InChI=1S/C9H17IN2/c1-11-7-4-6-9(11)5-2-3-8-12(9)10/h2-8H2,1H3. The fraction of sp³-hybridized carbons (Fsp3) is 1.00. The van der Waals surface area contributed by atoms with E-state index in [0.29, 0.717) is 5.66 Å². The van der Waals surface area contributed by atoms with E-state index in [-0.39, 0.29) is 0 Å². The van der Waals surface area contributed by atoms with E-state index in [0.717, 1.165) is 0 Å². The first-order chi connectivity index (χ1) is 5.76. The third-order valence-corrected chi connectivity index (χ3v) is 4.79. The molecule has 70 valence electrons. The van der Waals surface area contributed by atoms with Gasteiger partial charge in [-0.3, -0.25) is 4.90 Å². The molecule has 2 heterocycles. The Labute approximate surface area is 88.8 Å². The van der Waals surface area contributed by atoms with E-state index in [1.165, 1.54) is 45.2 Å². The summed E-state index contributed by atoms with van der Waals surface area (Å²) in [5.41, 5.74) is 0.443. The quantitative estimate of drug-likeness (QED) is 0.496. The summed E-state index contributed by atoms with van der Waals surface area (Å²) in [6, 6.07) is 0. The van der Waals surface area contributed by atoms with Crippen molar-refractivity contribution in [2.24, 2.45) is 0 Å². The molecule has 0 aromatic heterocycles. The van der Waals surface area contributed by atoms with Gasteiger partial charge in [0.15, 0.2) is 0 Å². The van der Waals surface area contributed by atoms with E-state index in [1.54, 1.807) is 0 Å². The fourth-order valence-corrected chi connectivity index (χ4v) is 3.80. The van der Waals surface area contributed by atoms with Gasteiger partial charge in [-0.25, -0.2) is 3.11 Å². The average molecular weight is 280 g/mol. The first-order valence-corrected chi connectivity index (χ1v) is 5.87.